The zero-order valence-electron chi connectivity index (χ0n) is 15.9. The number of pyridine rings is 2. The standard InChI is InChI=1S/C22H21N5O2/c28-21(25-18-6-2-1-3-7-18)17-9-11-23-19(16-17)22(29)27-14-12-26(13-15-27)20-8-4-5-10-24-20/h1-11,16H,12-15H2,(H,25,28). The molecule has 2 aromatic heterocycles. The van der Waals surface area contributed by atoms with Gasteiger partial charge in [-0.05, 0) is 36.4 Å². The van der Waals surface area contributed by atoms with Crippen molar-refractivity contribution in [1.29, 1.82) is 0 Å². The summed E-state index contributed by atoms with van der Waals surface area (Å²) in [6.07, 6.45) is 3.26. The van der Waals surface area contributed by atoms with Gasteiger partial charge in [-0.3, -0.25) is 14.6 Å². The van der Waals surface area contributed by atoms with Gasteiger partial charge in [0.15, 0.2) is 0 Å². The Labute approximate surface area is 169 Å². The van der Waals surface area contributed by atoms with Crippen molar-refractivity contribution in [3.8, 4) is 0 Å². The van der Waals surface area contributed by atoms with Crippen LogP contribution in [0.4, 0.5) is 11.5 Å². The number of carbonyl (C=O) groups is 2. The Hall–Kier alpha value is -3.74. The van der Waals surface area contributed by atoms with Gasteiger partial charge in [0.2, 0.25) is 0 Å². The van der Waals surface area contributed by atoms with Crippen LogP contribution in [0.25, 0.3) is 0 Å². The lowest BCUT2D eigenvalue weighted by Gasteiger charge is -2.35. The van der Waals surface area contributed by atoms with Gasteiger partial charge in [-0.2, -0.15) is 0 Å². The maximum atomic E-state index is 12.9. The first-order valence-electron chi connectivity index (χ1n) is 9.48. The smallest absolute Gasteiger partial charge is 0.272 e. The highest BCUT2D eigenvalue weighted by atomic mass is 16.2. The molecule has 0 aliphatic carbocycles. The van der Waals surface area contributed by atoms with Gasteiger partial charge in [0.05, 0.1) is 0 Å². The molecular weight excluding hydrogens is 366 g/mol. The molecule has 0 radical (unpaired) electrons. The van der Waals surface area contributed by atoms with Gasteiger partial charge in [-0.15, -0.1) is 0 Å². The summed E-state index contributed by atoms with van der Waals surface area (Å²) in [5, 5.41) is 2.82. The lowest BCUT2D eigenvalue weighted by atomic mass is 10.2. The van der Waals surface area contributed by atoms with E-state index in [1.807, 2.05) is 48.5 Å². The Morgan fingerprint density at radius 1 is 0.828 bits per heavy atom. The average Bonchev–Trinajstić information content (AvgIpc) is 2.80. The van der Waals surface area contributed by atoms with E-state index in [9.17, 15) is 9.59 Å². The Kier molecular flexibility index (Phi) is 5.47. The molecule has 7 heteroatoms. The summed E-state index contributed by atoms with van der Waals surface area (Å²) in [5.74, 6) is 0.477. The summed E-state index contributed by atoms with van der Waals surface area (Å²) in [7, 11) is 0. The zero-order chi connectivity index (χ0) is 20.1. The molecule has 1 saturated heterocycles. The molecule has 146 valence electrons. The van der Waals surface area contributed by atoms with Crippen molar-refractivity contribution >= 4 is 23.3 Å². The van der Waals surface area contributed by atoms with E-state index in [0.717, 1.165) is 5.82 Å². The van der Waals surface area contributed by atoms with Crippen molar-refractivity contribution in [3.05, 3.63) is 84.3 Å². The number of nitrogens with zero attached hydrogens (tertiary/aromatic N) is 4. The summed E-state index contributed by atoms with van der Waals surface area (Å²) < 4.78 is 0. The summed E-state index contributed by atoms with van der Waals surface area (Å²) in [4.78, 5) is 37.8. The van der Waals surface area contributed by atoms with Crippen LogP contribution in [-0.2, 0) is 0 Å². The van der Waals surface area contributed by atoms with Gasteiger partial charge in [-0.25, -0.2) is 4.98 Å². The molecule has 1 N–H and O–H groups in total. The second kappa shape index (κ2) is 8.52. The van der Waals surface area contributed by atoms with Crippen molar-refractivity contribution in [3.63, 3.8) is 0 Å². The molecule has 0 saturated carbocycles. The maximum absolute atomic E-state index is 12.9. The van der Waals surface area contributed by atoms with E-state index in [-0.39, 0.29) is 17.5 Å². The number of hydrogen-bond donors (Lipinski definition) is 1. The second-order valence-corrected chi connectivity index (χ2v) is 6.72. The number of carbonyl (C=O) groups excluding carboxylic acids is 2. The molecule has 1 fully saturated rings. The number of rotatable bonds is 4. The van der Waals surface area contributed by atoms with Crippen LogP contribution in [0.1, 0.15) is 20.8 Å². The van der Waals surface area contributed by atoms with Crippen LogP contribution >= 0.6 is 0 Å². The summed E-state index contributed by atoms with van der Waals surface area (Å²) in [6, 6.07) is 18.2. The van der Waals surface area contributed by atoms with Crippen LogP contribution in [0, 0.1) is 0 Å². The van der Waals surface area contributed by atoms with E-state index >= 15 is 0 Å². The van der Waals surface area contributed by atoms with Crippen molar-refractivity contribution in [1.82, 2.24) is 14.9 Å². The van der Waals surface area contributed by atoms with E-state index in [1.165, 1.54) is 6.20 Å². The topological polar surface area (TPSA) is 78.4 Å². The molecule has 0 bridgehead atoms. The fourth-order valence-electron chi connectivity index (χ4n) is 3.25. The molecule has 4 rings (SSSR count). The molecule has 3 heterocycles. The van der Waals surface area contributed by atoms with E-state index < -0.39 is 0 Å². The third kappa shape index (κ3) is 4.40. The molecule has 2 amide bonds. The molecule has 1 aromatic carbocycles. The first-order valence-corrected chi connectivity index (χ1v) is 9.48. The molecule has 1 aliphatic heterocycles. The molecule has 1 aliphatic rings. The van der Waals surface area contributed by atoms with Crippen molar-refractivity contribution < 1.29 is 9.59 Å². The number of para-hydroxylation sites is 1. The minimum absolute atomic E-state index is 0.167. The van der Waals surface area contributed by atoms with Crippen molar-refractivity contribution in [2.75, 3.05) is 36.4 Å². The Bertz CT molecular complexity index is 986. The third-order valence-corrected chi connectivity index (χ3v) is 4.81. The minimum Gasteiger partial charge on any atom is -0.353 e. The van der Waals surface area contributed by atoms with E-state index in [4.69, 9.17) is 0 Å². The highest BCUT2D eigenvalue weighted by Gasteiger charge is 2.24. The SMILES string of the molecule is O=C(Nc1ccccc1)c1ccnc(C(=O)N2CCN(c3ccccn3)CC2)c1. The number of piperazine rings is 1. The van der Waals surface area contributed by atoms with Crippen molar-refractivity contribution in [2.24, 2.45) is 0 Å². The predicted octanol–water partition coefficient (Wildman–Crippen LogP) is 2.69. The summed E-state index contributed by atoms with van der Waals surface area (Å²) in [5.41, 5.74) is 1.38. The van der Waals surface area contributed by atoms with Crippen LogP contribution in [0.15, 0.2) is 73.1 Å². The fraction of sp³-hybridized carbons (Fsp3) is 0.182. The molecule has 29 heavy (non-hydrogen) atoms. The average molecular weight is 387 g/mol. The number of benzene rings is 1. The summed E-state index contributed by atoms with van der Waals surface area (Å²) in [6.45, 7) is 2.57. The minimum atomic E-state index is -0.271. The van der Waals surface area contributed by atoms with E-state index in [2.05, 4.69) is 20.2 Å². The molecular formula is C22H21N5O2. The Morgan fingerprint density at radius 2 is 1.59 bits per heavy atom. The number of anilines is 2. The van der Waals surface area contributed by atoms with Crippen LogP contribution < -0.4 is 10.2 Å². The van der Waals surface area contributed by atoms with Crippen LogP contribution in [0.2, 0.25) is 0 Å². The van der Waals surface area contributed by atoms with Crippen molar-refractivity contribution in [2.45, 2.75) is 0 Å². The van der Waals surface area contributed by atoms with Gasteiger partial charge in [-0.1, -0.05) is 24.3 Å². The normalized spacial score (nSPS) is 13.8. The quantitative estimate of drug-likeness (QED) is 0.745. The Balaban J connectivity index is 1.40. The third-order valence-electron chi connectivity index (χ3n) is 4.81. The first kappa shape index (κ1) is 18.6. The van der Waals surface area contributed by atoms with Gasteiger partial charge < -0.3 is 15.1 Å². The van der Waals surface area contributed by atoms with Crippen LogP contribution in [0.5, 0.6) is 0 Å². The van der Waals surface area contributed by atoms with E-state index in [0.29, 0.717) is 37.4 Å². The molecule has 3 aromatic rings. The fourth-order valence-corrected chi connectivity index (χ4v) is 3.25. The lowest BCUT2D eigenvalue weighted by molar-refractivity contribution is 0.0740. The highest BCUT2D eigenvalue weighted by Crippen LogP contribution is 2.15. The molecule has 0 spiro atoms. The Morgan fingerprint density at radius 3 is 2.31 bits per heavy atom. The van der Waals surface area contributed by atoms with Crippen LogP contribution in [0.3, 0.4) is 0 Å². The van der Waals surface area contributed by atoms with Gasteiger partial charge in [0.25, 0.3) is 11.8 Å². The molecule has 0 unspecified atom stereocenters. The number of amides is 2. The van der Waals surface area contributed by atoms with Gasteiger partial charge in [0.1, 0.15) is 11.5 Å². The highest BCUT2D eigenvalue weighted by molar-refractivity contribution is 6.05. The predicted molar refractivity (Wildman–Crippen MR) is 111 cm³/mol. The van der Waals surface area contributed by atoms with Gasteiger partial charge in [0, 0.05) is 49.8 Å². The van der Waals surface area contributed by atoms with Crippen LogP contribution in [-0.4, -0.2) is 52.9 Å². The molecule has 7 nitrogen and oxygen atoms in total. The number of nitrogens with one attached hydrogen (secondary N) is 1. The zero-order valence-corrected chi connectivity index (χ0v) is 15.9. The van der Waals surface area contributed by atoms with E-state index in [1.54, 1.807) is 23.2 Å². The largest absolute Gasteiger partial charge is 0.353 e. The molecule has 0 atom stereocenters. The van der Waals surface area contributed by atoms with Gasteiger partial charge >= 0.3 is 0 Å². The maximum Gasteiger partial charge on any atom is 0.272 e. The second-order valence-electron chi connectivity index (χ2n) is 6.72. The number of hydrogen-bond acceptors (Lipinski definition) is 5. The lowest BCUT2D eigenvalue weighted by Crippen LogP contribution is -2.49. The first-order chi connectivity index (χ1) is 14.2. The summed E-state index contributed by atoms with van der Waals surface area (Å²) >= 11 is 0. The monoisotopic (exact) mass is 387 g/mol. The number of aromatic nitrogens is 2.